The van der Waals surface area contributed by atoms with Crippen molar-refractivity contribution in [3.05, 3.63) is 35.9 Å². The van der Waals surface area contributed by atoms with Crippen molar-refractivity contribution in [3.63, 3.8) is 0 Å². The molecule has 2 rings (SSSR count). The van der Waals surface area contributed by atoms with Gasteiger partial charge in [0.1, 0.15) is 11.6 Å². The highest BCUT2D eigenvalue weighted by Gasteiger charge is 2.37. The number of rotatable bonds is 4. The maximum Gasteiger partial charge on any atom is 0.410 e. The zero-order valence-corrected chi connectivity index (χ0v) is 15.2. The quantitative estimate of drug-likeness (QED) is 0.752. The summed E-state index contributed by atoms with van der Waals surface area (Å²) >= 11 is 0. The predicted molar refractivity (Wildman–Crippen MR) is 95.1 cm³/mol. The van der Waals surface area contributed by atoms with Crippen LogP contribution in [0.3, 0.4) is 0 Å². The van der Waals surface area contributed by atoms with Crippen LogP contribution in [0, 0.1) is 5.92 Å². The van der Waals surface area contributed by atoms with E-state index in [2.05, 4.69) is 0 Å². The van der Waals surface area contributed by atoms with Crippen molar-refractivity contribution < 1.29 is 14.3 Å². The Balaban J connectivity index is 2.25. The summed E-state index contributed by atoms with van der Waals surface area (Å²) in [5.41, 5.74) is 0.0848. The molecule has 1 aliphatic rings. The molecule has 0 N–H and O–H groups in total. The number of hydrogen-bond donors (Lipinski definition) is 0. The highest BCUT2D eigenvalue weighted by Crippen LogP contribution is 2.31. The van der Waals surface area contributed by atoms with E-state index in [-0.39, 0.29) is 11.7 Å². The van der Waals surface area contributed by atoms with Gasteiger partial charge in [-0.3, -0.25) is 4.79 Å². The second-order valence-corrected chi connectivity index (χ2v) is 7.66. The number of nitrogens with zero attached hydrogens (tertiary/aromatic N) is 1. The van der Waals surface area contributed by atoms with Crippen molar-refractivity contribution in [1.29, 1.82) is 0 Å². The van der Waals surface area contributed by atoms with E-state index in [1.807, 2.05) is 51.1 Å². The Kier molecular flexibility index (Phi) is 6.03. The van der Waals surface area contributed by atoms with E-state index < -0.39 is 17.7 Å². The molecule has 1 amide bonds. The van der Waals surface area contributed by atoms with Crippen LogP contribution in [0.15, 0.2) is 30.3 Å². The smallest absolute Gasteiger partial charge is 0.410 e. The molecule has 4 nitrogen and oxygen atoms in total. The van der Waals surface area contributed by atoms with Crippen molar-refractivity contribution in [1.82, 2.24) is 4.90 Å². The molecule has 0 spiro atoms. The van der Waals surface area contributed by atoms with Gasteiger partial charge >= 0.3 is 6.09 Å². The van der Waals surface area contributed by atoms with Gasteiger partial charge in [-0.1, -0.05) is 49.6 Å². The minimum absolute atomic E-state index is 0.0101. The van der Waals surface area contributed by atoms with E-state index in [1.165, 1.54) is 11.3 Å². The summed E-state index contributed by atoms with van der Waals surface area (Å²) in [6.45, 7) is 5.52. The maximum absolute atomic E-state index is 13.1. The second-order valence-electron chi connectivity index (χ2n) is 7.66. The third-order valence-electron chi connectivity index (χ3n) is 4.52. The lowest BCUT2D eigenvalue weighted by molar-refractivity contribution is 0.0143. The van der Waals surface area contributed by atoms with Gasteiger partial charge in [0.2, 0.25) is 0 Å². The van der Waals surface area contributed by atoms with Crippen molar-refractivity contribution in [3.8, 4) is 0 Å². The van der Waals surface area contributed by atoms with Crippen LogP contribution in [0.1, 0.15) is 63.2 Å². The summed E-state index contributed by atoms with van der Waals surface area (Å²) in [5, 5.41) is 0. The van der Waals surface area contributed by atoms with Crippen LogP contribution in [0.2, 0.25) is 0 Å². The van der Waals surface area contributed by atoms with Gasteiger partial charge in [-0.15, -0.1) is 0 Å². The number of carbonyl (C=O) groups excluding carboxylic acids is 2. The molecule has 0 bridgehead atoms. The molecule has 1 aromatic rings. The SMILES string of the molecule is CN(C(=O)OC(C)(C)C)[C@H](C(=O)c1ccccc1)C1CCCCC1. The van der Waals surface area contributed by atoms with Gasteiger partial charge in [0.25, 0.3) is 0 Å². The molecule has 24 heavy (non-hydrogen) atoms. The number of carbonyl (C=O) groups is 2. The van der Waals surface area contributed by atoms with Gasteiger partial charge in [-0.25, -0.2) is 4.79 Å². The molecule has 0 aliphatic heterocycles. The van der Waals surface area contributed by atoms with E-state index in [4.69, 9.17) is 4.74 Å². The van der Waals surface area contributed by atoms with E-state index >= 15 is 0 Å². The topological polar surface area (TPSA) is 46.6 Å². The Bertz CT molecular complexity index is 556. The van der Waals surface area contributed by atoms with Crippen LogP contribution in [0.25, 0.3) is 0 Å². The predicted octanol–water partition coefficient (Wildman–Crippen LogP) is 4.69. The summed E-state index contributed by atoms with van der Waals surface area (Å²) in [5.74, 6) is 0.208. The Morgan fingerprint density at radius 1 is 1.08 bits per heavy atom. The van der Waals surface area contributed by atoms with Gasteiger partial charge in [0.05, 0.1) is 0 Å². The van der Waals surface area contributed by atoms with Crippen molar-refractivity contribution in [2.45, 2.75) is 64.5 Å². The van der Waals surface area contributed by atoms with Crippen molar-refractivity contribution >= 4 is 11.9 Å². The fourth-order valence-corrected chi connectivity index (χ4v) is 3.38. The summed E-state index contributed by atoms with van der Waals surface area (Å²) in [7, 11) is 1.69. The molecule has 1 aromatic carbocycles. The molecule has 1 saturated carbocycles. The van der Waals surface area contributed by atoms with Gasteiger partial charge in [0, 0.05) is 12.6 Å². The standard InChI is InChI=1S/C20H29NO3/c1-20(2,3)24-19(23)21(4)17(15-11-7-5-8-12-15)18(22)16-13-9-6-10-14-16/h6,9-10,13-15,17H,5,7-8,11-12H2,1-4H3/t17-/m0/s1. The van der Waals surface area contributed by atoms with E-state index in [1.54, 1.807) is 7.05 Å². The first-order valence-corrected chi connectivity index (χ1v) is 8.84. The van der Waals surface area contributed by atoms with Crippen LogP contribution >= 0.6 is 0 Å². The number of Topliss-reactive ketones (excluding diaryl/α,β-unsaturated/α-hetero) is 1. The Hall–Kier alpha value is -1.84. The highest BCUT2D eigenvalue weighted by atomic mass is 16.6. The minimum atomic E-state index is -0.571. The molecule has 1 aliphatic carbocycles. The molecule has 0 radical (unpaired) electrons. The Labute approximate surface area is 145 Å². The number of likely N-dealkylation sites (N-methyl/N-ethyl adjacent to an activating group) is 1. The molecule has 1 fully saturated rings. The third-order valence-corrected chi connectivity index (χ3v) is 4.52. The second kappa shape index (κ2) is 7.82. The average Bonchev–Trinajstić information content (AvgIpc) is 2.55. The number of benzene rings is 1. The molecular formula is C20H29NO3. The van der Waals surface area contributed by atoms with Gasteiger partial charge in [-0.05, 0) is 39.5 Å². The number of hydrogen-bond acceptors (Lipinski definition) is 3. The van der Waals surface area contributed by atoms with Gasteiger partial charge in [0.15, 0.2) is 5.78 Å². The van der Waals surface area contributed by atoms with Crippen LogP contribution in [0.4, 0.5) is 4.79 Å². The largest absolute Gasteiger partial charge is 0.444 e. The first-order chi connectivity index (χ1) is 11.3. The molecule has 132 valence electrons. The first-order valence-electron chi connectivity index (χ1n) is 8.84. The molecule has 0 saturated heterocycles. The molecular weight excluding hydrogens is 302 g/mol. The zero-order chi connectivity index (χ0) is 17.7. The molecule has 4 heteroatoms. The third kappa shape index (κ3) is 4.83. The summed E-state index contributed by atoms with van der Waals surface area (Å²) in [6.07, 6.45) is 4.98. The summed E-state index contributed by atoms with van der Waals surface area (Å²) < 4.78 is 5.49. The first kappa shape index (κ1) is 18.5. The fraction of sp³-hybridized carbons (Fsp3) is 0.600. The van der Waals surface area contributed by atoms with Crippen LogP contribution < -0.4 is 0 Å². The van der Waals surface area contributed by atoms with Gasteiger partial charge in [-0.2, -0.15) is 0 Å². The van der Waals surface area contributed by atoms with Crippen molar-refractivity contribution in [2.24, 2.45) is 5.92 Å². The fourth-order valence-electron chi connectivity index (χ4n) is 3.38. The Morgan fingerprint density at radius 2 is 1.67 bits per heavy atom. The average molecular weight is 331 g/mol. The highest BCUT2D eigenvalue weighted by molar-refractivity contribution is 6.01. The van der Waals surface area contributed by atoms with Crippen LogP contribution in [-0.2, 0) is 4.74 Å². The van der Waals surface area contributed by atoms with Crippen LogP contribution in [0.5, 0.6) is 0 Å². The van der Waals surface area contributed by atoms with E-state index in [0.29, 0.717) is 5.56 Å². The van der Waals surface area contributed by atoms with Crippen LogP contribution in [-0.4, -0.2) is 35.5 Å². The lowest BCUT2D eigenvalue weighted by atomic mass is 9.80. The molecule has 0 heterocycles. The molecule has 0 unspecified atom stereocenters. The molecule has 0 aromatic heterocycles. The van der Waals surface area contributed by atoms with Crippen molar-refractivity contribution in [2.75, 3.05) is 7.05 Å². The maximum atomic E-state index is 13.1. The summed E-state index contributed by atoms with van der Waals surface area (Å²) in [6, 6.07) is 8.80. The lowest BCUT2D eigenvalue weighted by Gasteiger charge is -2.36. The van der Waals surface area contributed by atoms with E-state index in [9.17, 15) is 9.59 Å². The Morgan fingerprint density at radius 3 is 2.21 bits per heavy atom. The summed E-state index contributed by atoms with van der Waals surface area (Å²) in [4.78, 5) is 27.1. The zero-order valence-electron chi connectivity index (χ0n) is 15.2. The van der Waals surface area contributed by atoms with E-state index in [0.717, 1.165) is 25.7 Å². The minimum Gasteiger partial charge on any atom is -0.444 e. The lowest BCUT2D eigenvalue weighted by Crippen LogP contribution is -2.49. The molecule has 1 atom stereocenters. The van der Waals surface area contributed by atoms with Gasteiger partial charge < -0.3 is 9.64 Å². The monoisotopic (exact) mass is 331 g/mol. The number of ether oxygens (including phenoxy) is 1. The number of amides is 1. The normalized spacial score (nSPS) is 17.2. The number of ketones is 1.